The third-order valence-corrected chi connectivity index (χ3v) is 4.06. The summed E-state index contributed by atoms with van der Waals surface area (Å²) < 4.78 is 1.11. The Morgan fingerprint density at radius 2 is 1.92 bits per heavy atom. The highest BCUT2D eigenvalue weighted by Gasteiger charge is 2.17. The molecule has 1 aliphatic carbocycles. The molecule has 0 atom stereocenters. The highest BCUT2D eigenvalue weighted by atomic mass is 32.2. The molecule has 12 heavy (non-hydrogen) atoms. The van der Waals surface area contributed by atoms with E-state index in [4.69, 9.17) is 12.2 Å². The fourth-order valence-corrected chi connectivity index (χ4v) is 2.74. The van der Waals surface area contributed by atoms with Gasteiger partial charge in [0.05, 0.1) is 0 Å². The van der Waals surface area contributed by atoms with Crippen LogP contribution in [0.1, 0.15) is 39.5 Å². The Kier molecular flexibility index (Phi) is 4.59. The van der Waals surface area contributed by atoms with Gasteiger partial charge in [-0.2, -0.15) is 0 Å². The van der Waals surface area contributed by atoms with Gasteiger partial charge >= 0.3 is 0 Å². The third kappa shape index (κ3) is 3.90. The van der Waals surface area contributed by atoms with Gasteiger partial charge in [0, 0.05) is 9.95 Å². The molecule has 0 aromatic heterocycles. The van der Waals surface area contributed by atoms with Crippen molar-refractivity contribution >= 4 is 28.2 Å². The number of thioether (sulfide) groups is 1. The van der Waals surface area contributed by atoms with Crippen LogP contribution in [0.15, 0.2) is 0 Å². The fourth-order valence-electron chi connectivity index (χ4n) is 1.73. The Labute approximate surface area is 85.5 Å². The molecule has 0 amide bonds. The molecule has 2 heteroatoms. The van der Waals surface area contributed by atoms with Crippen molar-refractivity contribution in [3.05, 3.63) is 0 Å². The Morgan fingerprint density at radius 1 is 1.33 bits per heavy atom. The van der Waals surface area contributed by atoms with Crippen molar-refractivity contribution in [2.45, 2.75) is 39.5 Å². The molecular weight excluding hydrogens is 184 g/mol. The zero-order valence-corrected chi connectivity index (χ0v) is 9.64. The van der Waals surface area contributed by atoms with Crippen molar-refractivity contribution in [3.8, 4) is 0 Å². The second-order valence-electron chi connectivity index (χ2n) is 3.93. The lowest BCUT2D eigenvalue weighted by Gasteiger charge is -2.25. The van der Waals surface area contributed by atoms with Crippen LogP contribution in [0.25, 0.3) is 0 Å². The van der Waals surface area contributed by atoms with Gasteiger partial charge in [0.25, 0.3) is 0 Å². The molecule has 1 saturated carbocycles. The summed E-state index contributed by atoms with van der Waals surface area (Å²) in [5, 5.41) is 0. The average molecular weight is 202 g/mol. The molecule has 1 fully saturated rings. The van der Waals surface area contributed by atoms with Crippen LogP contribution < -0.4 is 0 Å². The molecule has 0 aromatic rings. The first kappa shape index (κ1) is 10.5. The van der Waals surface area contributed by atoms with Crippen LogP contribution in [-0.4, -0.2) is 9.95 Å². The zero-order valence-electron chi connectivity index (χ0n) is 8.01. The SMILES string of the molecule is CC(=S)SCC1CCC(C)CC1. The van der Waals surface area contributed by atoms with E-state index in [0.29, 0.717) is 0 Å². The fraction of sp³-hybridized carbons (Fsp3) is 0.900. The van der Waals surface area contributed by atoms with E-state index in [1.807, 2.05) is 18.7 Å². The number of hydrogen-bond acceptors (Lipinski definition) is 2. The number of hydrogen-bond donors (Lipinski definition) is 0. The van der Waals surface area contributed by atoms with E-state index < -0.39 is 0 Å². The summed E-state index contributed by atoms with van der Waals surface area (Å²) in [5.41, 5.74) is 0. The van der Waals surface area contributed by atoms with Gasteiger partial charge in [0.2, 0.25) is 0 Å². The van der Waals surface area contributed by atoms with Crippen molar-refractivity contribution in [1.29, 1.82) is 0 Å². The van der Waals surface area contributed by atoms with Crippen molar-refractivity contribution in [2.75, 3.05) is 5.75 Å². The molecule has 0 spiro atoms. The number of thiocarbonyl (C=S) groups is 1. The third-order valence-electron chi connectivity index (χ3n) is 2.66. The van der Waals surface area contributed by atoms with E-state index in [2.05, 4.69) is 6.92 Å². The highest BCUT2D eigenvalue weighted by Crippen LogP contribution is 2.30. The largest absolute Gasteiger partial charge is 0.119 e. The molecule has 1 aliphatic rings. The van der Waals surface area contributed by atoms with Gasteiger partial charge in [-0.1, -0.05) is 32.0 Å². The van der Waals surface area contributed by atoms with Gasteiger partial charge in [0.15, 0.2) is 0 Å². The van der Waals surface area contributed by atoms with Crippen molar-refractivity contribution < 1.29 is 0 Å². The molecule has 0 bridgehead atoms. The van der Waals surface area contributed by atoms with Gasteiger partial charge in [-0.3, -0.25) is 0 Å². The minimum atomic E-state index is 0.948. The van der Waals surface area contributed by atoms with E-state index >= 15 is 0 Å². The van der Waals surface area contributed by atoms with Crippen molar-refractivity contribution in [2.24, 2.45) is 11.8 Å². The Morgan fingerprint density at radius 3 is 2.42 bits per heavy atom. The lowest BCUT2D eigenvalue weighted by molar-refractivity contribution is 0.312. The predicted octanol–water partition coefficient (Wildman–Crippen LogP) is 3.89. The standard InChI is InChI=1S/C10H18S2/c1-8-3-5-10(6-4-8)7-12-9(2)11/h8,10H,3-7H2,1-2H3. The molecule has 0 saturated heterocycles. The molecule has 1 rings (SSSR count). The van der Waals surface area contributed by atoms with Gasteiger partial charge in [-0.15, -0.1) is 11.8 Å². The van der Waals surface area contributed by atoms with E-state index in [1.54, 1.807) is 0 Å². The van der Waals surface area contributed by atoms with Gasteiger partial charge in [-0.05, 0) is 31.6 Å². The maximum Gasteiger partial charge on any atom is 0.0447 e. The first-order valence-electron chi connectivity index (χ1n) is 4.82. The summed E-state index contributed by atoms with van der Waals surface area (Å²) >= 11 is 6.92. The average Bonchev–Trinajstić information content (AvgIpc) is 2.03. The highest BCUT2D eigenvalue weighted by molar-refractivity contribution is 8.23. The minimum absolute atomic E-state index is 0.948. The maximum absolute atomic E-state index is 5.05. The summed E-state index contributed by atoms with van der Waals surface area (Å²) in [5.74, 6) is 3.19. The molecule has 0 N–H and O–H groups in total. The van der Waals surface area contributed by atoms with Crippen LogP contribution in [0.4, 0.5) is 0 Å². The summed E-state index contributed by atoms with van der Waals surface area (Å²) in [6, 6.07) is 0. The van der Waals surface area contributed by atoms with Crippen LogP contribution in [0.5, 0.6) is 0 Å². The predicted molar refractivity (Wildman–Crippen MR) is 61.9 cm³/mol. The monoisotopic (exact) mass is 202 g/mol. The second kappa shape index (κ2) is 5.23. The van der Waals surface area contributed by atoms with Crippen LogP contribution in [0.3, 0.4) is 0 Å². The van der Waals surface area contributed by atoms with Crippen molar-refractivity contribution in [3.63, 3.8) is 0 Å². The van der Waals surface area contributed by atoms with Crippen LogP contribution in [0.2, 0.25) is 0 Å². The lowest BCUT2D eigenvalue weighted by Crippen LogP contribution is -2.14. The summed E-state index contributed by atoms with van der Waals surface area (Å²) in [6.45, 7) is 4.40. The van der Waals surface area contributed by atoms with Crippen LogP contribution in [0, 0.1) is 11.8 Å². The Hall–Kier alpha value is 0.440. The Balaban J connectivity index is 2.13. The van der Waals surface area contributed by atoms with Crippen molar-refractivity contribution in [1.82, 2.24) is 0 Å². The van der Waals surface area contributed by atoms with Gasteiger partial charge in [-0.25, -0.2) is 0 Å². The lowest BCUT2D eigenvalue weighted by atomic mass is 9.84. The summed E-state index contributed by atoms with van der Waals surface area (Å²) in [7, 11) is 0. The first-order valence-corrected chi connectivity index (χ1v) is 6.21. The quantitative estimate of drug-likeness (QED) is 0.623. The molecule has 0 unspecified atom stereocenters. The molecular formula is C10H18S2. The topological polar surface area (TPSA) is 0 Å². The maximum atomic E-state index is 5.05. The second-order valence-corrected chi connectivity index (χ2v) is 6.03. The summed E-state index contributed by atoms with van der Waals surface area (Å²) in [4.78, 5) is 0. The molecule has 70 valence electrons. The van der Waals surface area contributed by atoms with E-state index in [9.17, 15) is 0 Å². The molecule has 0 nitrogen and oxygen atoms in total. The normalized spacial score (nSPS) is 30.2. The summed E-state index contributed by atoms with van der Waals surface area (Å²) in [6.07, 6.45) is 5.72. The van der Waals surface area contributed by atoms with Crippen LogP contribution in [-0.2, 0) is 0 Å². The van der Waals surface area contributed by atoms with E-state index in [-0.39, 0.29) is 0 Å². The zero-order chi connectivity index (χ0) is 8.97. The van der Waals surface area contributed by atoms with Gasteiger partial charge < -0.3 is 0 Å². The van der Waals surface area contributed by atoms with E-state index in [1.165, 1.54) is 31.4 Å². The van der Waals surface area contributed by atoms with E-state index in [0.717, 1.165) is 16.0 Å². The molecule has 0 aliphatic heterocycles. The van der Waals surface area contributed by atoms with Crippen LogP contribution >= 0.6 is 24.0 Å². The minimum Gasteiger partial charge on any atom is -0.119 e. The molecule has 0 aromatic carbocycles. The molecule has 0 heterocycles. The van der Waals surface area contributed by atoms with Gasteiger partial charge in [0.1, 0.15) is 0 Å². The first-order chi connectivity index (χ1) is 5.68. The smallest absolute Gasteiger partial charge is 0.0447 e. The molecule has 0 radical (unpaired) electrons. The number of rotatable bonds is 2. The Bertz CT molecular complexity index is 146.